The average molecular weight is 519 g/mol. The second-order valence-corrected chi connectivity index (χ2v) is 10.0. The maximum Gasteiger partial charge on any atom is 0.163 e. The summed E-state index contributed by atoms with van der Waals surface area (Å²) in [7, 11) is 3.23. The van der Waals surface area contributed by atoms with E-state index in [0.29, 0.717) is 35.1 Å². The van der Waals surface area contributed by atoms with E-state index in [-0.39, 0.29) is 23.8 Å². The Morgan fingerprint density at radius 2 is 1.57 bits per heavy atom. The van der Waals surface area contributed by atoms with E-state index in [1.807, 2.05) is 74.5 Å². The van der Waals surface area contributed by atoms with Crippen molar-refractivity contribution in [3.8, 4) is 17.2 Å². The summed E-state index contributed by atoms with van der Waals surface area (Å²) in [5.74, 6) is 2.07. The molecule has 0 saturated heterocycles. The number of rotatable bonds is 6. The lowest BCUT2D eigenvalue weighted by molar-refractivity contribution is -0.116. The molecule has 1 aliphatic carbocycles. The van der Waals surface area contributed by atoms with Gasteiger partial charge in [0.25, 0.3) is 0 Å². The number of ketones is 1. The molecule has 0 spiro atoms. The zero-order valence-electron chi connectivity index (χ0n) is 21.4. The van der Waals surface area contributed by atoms with Gasteiger partial charge in [0.05, 0.1) is 42.8 Å². The monoisotopic (exact) mass is 518 g/mol. The molecule has 0 aromatic heterocycles. The number of carbonyl (C=O) groups is 1. The Morgan fingerprint density at radius 3 is 2.27 bits per heavy atom. The molecule has 1 aliphatic heterocycles. The van der Waals surface area contributed by atoms with Gasteiger partial charge in [-0.3, -0.25) is 4.79 Å². The molecule has 192 valence electrons. The number of allylic oxidation sites excluding steroid dienone is 1. The minimum absolute atomic E-state index is 0.00566. The highest BCUT2D eigenvalue weighted by atomic mass is 35.5. The van der Waals surface area contributed by atoms with Crippen LogP contribution in [-0.4, -0.2) is 26.1 Å². The minimum atomic E-state index is -0.348. The van der Waals surface area contributed by atoms with Crippen LogP contribution in [0.25, 0.3) is 0 Å². The molecule has 1 heterocycles. The Bertz CT molecular complexity index is 1370. The molecule has 2 atom stereocenters. The third-order valence-corrected chi connectivity index (χ3v) is 7.14. The van der Waals surface area contributed by atoms with Crippen LogP contribution in [0.5, 0.6) is 17.2 Å². The number of halogens is 1. The lowest BCUT2D eigenvalue weighted by Crippen LogP contribution is -2.27. The molecule has 3 aromatic rings. The van der Waals surface area contributed by atoms with Gasteiger partial charge >= 0.3 is 0 Å². The summed E-state index contributed by atoms with van der Waals surface area (Å²) in [5, 5.41) is 7.67. The van der Waals surface area contributed by atoms with E-state index >= 15 is 0 Å². The van der Waals surface area contributed by atoms with Crippen LogP contribution in [0.15, 0.2) is 71.9 Å². The van der Waals surface area contributed by atoms with Crippen LogP contribution in [0, 0.1) is 0 Å². The van der Waals surface area contributed by atoms with Crippen LogP contribution < -0.4 is 24.8 Å². The smallest absolute Gasteiger partial charge is 0.163 e. The first-order valence-corrected chi connectivity index (χ1v) is 12.8. The second kappa shape index (κ2) is 10.4. The highest BCUT2D eigenvalue weighted by Gasteiger charge is 2.36. The minimum Gasteiger partial charge on any atom is -0.495 e. The Balaban J connectivity index is 1.55. The summed E-state index contributed by atoms with van der Waals surface area (Å²) in [6.45, 7) is 3.97. The van der Waals surface area contributed by atoms with Crippen molar-refractivity contribution < 1.29 is 19.0 Å². The maximum absolute atomic E-state index is 13.8. The van der Waals surface area contributed by atoms with Crippen molar-refractivity contribution in [3.63, 3.8) is 0 Å². The zero-order chi connectivity index (χ0) is 26.1. The number of para-hydroxylation sites is 2. The lowest BCUT2D eigenvalue weighted by Gasteiger charge is -2.30. The number of fused-ring (bicyclic) bond motifs is 1. The Kier molecular flexibility index (Phi) is 7.02. The van der Waals surface area contributed by atoms with Crippen LogP contribution in [0.4, 0.5) is 11.4 Å². The van der Waals surface area contributed by atoms with Gasteiger partial charge in [-0.1, -0.05) is 35.9 Å². The fraction of sp³-hybridized carbons (Fsp3) is 0.300. The number of Topliss-reactive ketones (excluding diaryl/α,β-unsaturated/α-hetero) is 1. The van der Waals surface area contributed by atoms with Gasteiger partial charge in [0.15, 0.2) is 17.3 Å². The van der Waals surface area contributed by atoms with Crippen molar-refractivity contribution >= 4 is 28.8 Å². The third kappa shape index (κ3) is 4.98. The summed E-state index contributed by atoms with van der Waals surface area (Å²) in [6.07, 6.45) is 1.12. The van der Waals surface area contributed by atoms with Crippen LogP contribution in [0.1, 0.15) is 49.8 Å². The predicted molar refractivity (Wildman–Crippen MR) is 147 cm³/mol. The molecule has 5 rings (SSSR count). The van der Waals surface area contributed by atoms with Gasteiger partial charge < -0.3 is 24.8 Å². The molecule has 2 N–H and O–H groups in total. The Hall–Kier alpha value is -3.64. The quantitative estimate of drug-likeness (QED) is 0.362. The number of methoxy groups -OCH3 is 2. The van der Waals surface area contributed by atoms with Crippen molar-refractivity contribution in [2.24, 2.45) is 0 Å². The molecule has 2 unspecified atom stereocenters. The Labute approximate surface area is 222 Å². The van der Waals surface area contributed by atoms with Gasteiger partial charge in [0.2, 0.25) is 0 Å². The lowest BCUT2D eigenvalue weighted by atomic mass is 9.78. The van der Waals surface area contributed by atoms with Gasteiger partial charge in [0.1, 0.15) is 5.75 Å². The first-order chi connectivity index (χ1) is 17.9. The summed E-state index contributed by atoms with van der Waals surface area (Å²) < 4.78 is 16.8. The van der Waals surface area contributed by atoms with Crippen LogP contribution in [0.2, 0.25) is 5.02 Å². The summed E-state index contributed by atoms with van der Waals surface area (Å²) in [6, 6.07) is 19.3. The van der Waals surface area contributed by atoms with Gasteiger partial charge in [-0.15, -0.1) is 0 Å². The Morgan fingerprint density at radius 1 is 0.865 bits per heavy atom. The van der Waals surface area contributed by atoms with Crippen molar-refractivity contribution in [3.05, 3.63) is 88.1 Å². The molecule has 0 bridgehead atoms. The fourth-order valence-corrected chi connectivity index (χ4v) is 5.40. The summed E-state index contributed by atoms with van der Waals surface area (Å²) in [5.41, 5.74) is 5.46. The van der Waals surface area contributed by atoms with Crippen LogP contribution >= 0.6 is 11.6 Å². The van der Waals surface area contributed by atoms with E-state index < -0.39 is 0 Å². The van der Waals surface area contributed by atoms with Gasteiger partial charge in [-0.2, -0.15) is 0 Å². The average Bonchev–Trinajstić information content (AvgIpc) is 3.05. The van der Waals surface area contributed by atoms with Gasteiger partial charge in [-0.25, -0.2) is 0 Å². The second-order valence-electron chi connectivity index (χ2n) is 9.64. The van der Waals surface area contributed by atoms with E-state index in [1.54, 1.807) is 14.2 Å². The van der Waals surface area contributed by atoms with E-state index in [0.717, 1.165) is 33.8 Å². The summed E-state index contributed by atoms with van der Waals surface area (Å²) >= 11 is 6.49. The number of hydrogen-bond donors (Lipinski definition) is 2. The molecule has 3 aromatic carbocycles. The van der Waals surface area contributed by atoms with E-state index in [4.69, 9.17) is 25.8 Å². The normalized spacial score (nSPS) is 18.8. The fourth-order valence-electron chi connectivity index (χ4n) is 5.13. The zero-order valence-corrected chi connectivity index (χ0v) is 22.2. The molecule has 6 nitrogen and oxygen atoms in total. The van der Waals surface area contributed by atoms with Crippen LogP contribution in [-0.2, 0) is 4.79 Å². The van der Waals surface area contributed by atoms with E-state index in [1.165, 1.54) is 0 Å². The first-order valence-electron chi connectivity index (χ1n) is 12.4. The molecule has 2 aliphatic rings. The van der Waals surface area contributed by atoms with Crippen molar-refractivity contribution in [2.45, 2.75) is 44.8 Å². The highest BCUT2D eigenvalue weighted by Crippen LogP contribution is 2.46. The highest BCUT2D eigenvalue weighted by molar-refractivity contribution is 6.32. The van der Waals surface area contributed by atoms with E-state index in [2.05, 4.69) is 10.6 Å². The standard InChI is InChI=1S/C30H31ClN2O4/c1-17(2)37-27-12-9-18(16-28(27)36-4)20-14-24-29(25(34)15-20)30(19-10-11-26(35-3)21(31)13-19)33-23-8-6-5-7-22(23)32-24/h5-13,16-17,20,30,32-33H,14-15H2,1-4H3. The number of carbonyl (C=O) groups excluding carboxylic acids is 1. The number of anilines is 2. The molecule has 0 fully saturated rings. The number of hydrogen-bond acceptors (Lipinski definition) is 6. The van der Waals surface area contributed by atoms with E-state index in [9.17, 15) is 4.79 Å². The molecule has 37 heavy (non-hydrogen) atoms. The number of benzene rings is 3. The van der Waals surface area contributed by atoms with Crippen molar-refractivity contribution in [1.29, 1.82) is 0 Å². The van der Waals surface area contributed by atoms with Crippen molar-refractivity contribution in [2.75, 3.05) is 24.9 Å². The third-order valence-electron chi connectivity index (χ3n) is 6.84. The number of ether oxygens (including phenoxy) is 3. The SMILES string of the molecule is COc1ccc(C2Nc3ccccc3NC3=C2C(=O)CC(c2ccc(OC(C)C)c(OC)c2)C3)cc1Cl. The summed E-state index contributed by atoms with van der Waals surface area (Å²) in [4.78, 5) is 13.8. The predicted octanol–water partition coefficient (Wildman–Crippen LogP) is 7.12. The maximum atomic E-state index is 13.8. The number of nitrogens with one attached hydrogen (secondary N) is 2. The molecule has 7 heteroatoms. The molecule has 0 radical (unpaired) electrons. The molecule has 0 amide bonds. The first kappa shape index (κ1) is 25.0. The van der Waals surface area contributed by atoms with Gasteiger partial charge in [-0.05, 0) is 73.7 Å². The van der Waals surface area contributed by atoms with Crippen LogP contribution in [0.3, 0.4) is 0 Å². The molecular formula is C30H31ClN2O4. The molecular weight excluding hydrogens is 488 g/mol. The topological polar surface area (TPSA) is 68.8 Å². The van der Waals surface area contributed by atoms with Crippen molar-refractivity contribution in [1.82, 2.24) is 0 Å². The molecule has 0 saturated carbocycles. The largest absolute Gasteiger partial charge is 0.495 e. The van der Waals surface area contributed by atoms with Gasteiger partial charge in [0, 0.05) is 17.7 Å².